The Bertz CT molecular complexity index is 448. The molecule has 0 spiro atoms. The zero-order valence-corrected chi connectivity index (χ0v) is 12.2. The van der Waals surface area contributed by atoms with Crippen LogP contribution in [0.25, 0.3) is 0 Å². The van der Waals surface area contributed by atoms with Crippen molar-refractivity contribution < 1.29 is 9.90 Å². The van der Waals surface area contributed by atoms with E-state index in [-0.39, 0.29) is 11.8 Å². The molecule has 1 heterocycles. The van der Waals surface area contributed by atoms with E-state index >= 15 is 0 Å². The van der Waals surface area contributed by atoms with Crippen LogP contribution in [0.1, 0.15) is 31.7 Å². The number of aliphatic hydroxyl groups excluding tert-OH is 1. The molecule has 1 aliphatic heterocycles. The van der Waals surface area contributed by atoms with E-state index in [1.807, 2.05) is 18.2 Å². The fourth-order valence-electron chi connectivity index (χ4n) is 2.35. The number of carbonyl (C=O) groups excluding carboxylic acids is 1. The Labute approximate surface area is 118 Å². The second-order valence-corrected chi connectivity index (χ2v) is 6.49. The highest BCUT2D eigenvalue weighted by molar-refractivity contribution is 7.99. The molecule has 1 aromatic rings. The summed E-state index contributed by atoms with van der Waals surface area (Å²) in [6.45, 7) is 4.48. The fourth-order valence-corrected chi connectivity index (χ4v) is 3.58. The molecule has 3 nitrogen and oxygen atoms in total. The topological polar surface area (TPSA) is 49.3 Å². The Hall–Kier alpha value is -1.00. The van der Waals surface area contributed by atoms with Crippen molar-refractivity contribution in [3.8, 4) is 0 Å². The highest BCUT2D eigenvalue weighted by Gasteiger charge is 2.28. The summed E-state index contributed by atoms with van der Waals surface area (Å²) in [5.41, 5.74) is 1.11. The van der Waals surface area contributed by atoms with E-state index < -0.39 is 6.10 Å². The third-order valence-electron chi connectivity index (χ3n) is 3.27. The van der Waals surface area contributed by atoms with Crippen molar-refractivity contribution in [3.05, 3.63) is 29.8 Å². The molecular formula is C15H21NO2S. The largest absolute Gasteiger partial charge is 0.391 e. The first kappa shape index (κ1) is 14.4. The predicted octanol–water partition coefficient (Wildman–Crippen LogP) is 2.40. The quantitative estimate of drug-likeness (QED) is 0.870. The van der Waals surface area contributed by atoms with Crippen LogP contribution in [0.15, 0.2) is 29.2 Å². The molecule has 2 rings (SSSR count). The number of aliphatic hydroxyl groups is 1. The minimum absolute atomic E-state index is 0.0280. The van der Waals surface area contributed by atoms with Gasteiger partial charge in [0.15, 0.2) is 0 Å². The van der Waals surface area contributed by atoms with Gasteiger partial charge in [0.2, 0.25) is 5.91 Å². The monoisotopic (exact) mass is 279 g/mol. The molecule has 0 saturated heterocycles. The van der Waals surface area contributed by atoms with Gasteiger partial charge in [0.05, 0.1) is 12.0 Å². The molecule has 0 fully saturated rings. The average Bonchev–Trinajstić information content (AvgIpc) is 2.79. The van der Waals surface area contributed by atoms with E-state index in [0.29, 0.717) is 12.5 Å². The number of thioether (sulfide) groups is 1. The van der Waals surface area contributed by atoms with Gasteiger partial charge in [-0.25, -0.2) is 0 Å². The second kappa shape index (κ2) is 6.44. The number of amides is 1. The van der Waals surface area contributed by atoms with Gasteiger partial charge >= 0.3 is 0 Å². The lowest BCUT2D eigenvalue weighted by Crippen LogP contribution is -2.36. The molecule has 0 radical (unpaired) electrons. The number of nitrogens with one attached hydrogen (secondary N) is 1. The summed E-state index contributed by atoms with van der Waals surface area (Å²) in [5.74, 6) is 1.19. The molecule has 4 heteroatoms. The molecule has 104 valence electrons. The summed E-state index contributed by atoms with van der Waals surface area (Å²) < 4.78 is 0. The van der Waals surface area contributed by atoms with Crippen LogP contribution in [0.4, 0.5) is 0 Å². The lowest BCUT2D eigenvalue weighted by atomic mass is 10.0. The predicted molar refractivity (Wildman–Crippen MR) is 78.4 cm³/mol. The number of fused-ring (bicyclic) bond motifs is 1. The van der Waals surface area contributed by atoms with E-state index in [0.717, 1.165) is 17.7 Å². The van der Waals surface area contributed by atoms with E-state index in [1.165, 1.54) is 4.90 Å². The molecule has 0 saturated carbocycles. The van der Waals surface area contributed by atoms with E-state index in [4.69, 9.17) is 0 Å². The Morgan fingerprint density at radius 1 is 1.47 bits per heavy atom. The molecule has 1 aliphatic rings. The first-order chi connectivity index (χ1) is 9.08. The van der Waals surface area contributed by atoms with Gasteiger partial charge in [0, 0.05) is 17.2 Å². The molecule has 0 aromatic heterocycles. The van der Waals surface area contributed by atoms with Crippen molar-refractivity contribution in [1.29, 1.82) is 0 Å². The number of carbonyl (C=O) groups is 1. The summed E-state index contributed by atoms with van der Waals surface area (Å²) in [6.07, 6.45) is 0.268. The maximum atomic E-state index is 12.2. The highest BCUT2D eigenvalue weighted by atomic mass is 32.2. The van der Waals surface area contributed by atoms with Gasteiger partial charge in [0.25, 0.3) is 0 Å². The van der Waals surface area contributed by atoms with Gasteiger partial charge < -0.3 is 10.4 Å². The Morgan fingerprint density at radius 2 is 2.21 bits per heavy atom. The zero-order chi connectivity index (χ0) is 13.8. The Balaban J connectivity index is 1.88. The van der Waals surface area contributed by atoms with Gasteiger partial charge in [-0.15, -0.1) is 11.8 Å². The standard InChI is InChI=1S/C15H21NO2S/c1-10(2)7-11(17)8-16-15(18)13-9-19-14-6-4-3-5-12(13)14/h3-6,10-11,13,17H,7-9H2,1-2H3,(H,16,18). The van der Waals surface area contributed by atoms with Crippen LogP contribution in [0.3, 0.4) is 0 Å². The second-order valence-electron chi connectivity index (χ2n) is 5.43. The molecule has 2 unspecified atom stereocenters. The fraction of sp³-hybridized carbons (Fsp3) is 0.533. The van der Waals surface area contributed by atoms with Crippen LogP contribution >= 0.6 is 11.8 Å². The molecule has 0 aliphatic carbocycles. The van der Waals surface area contributed by atoms with Gasteiger partial charge in [0.1, 0.15) is 0 Å². The third kappa shape index (κ3) is 3.74. The number of benzene rings is 1. The van der Waals surface area contributed by atoms with Gasteiger partial charge in [-0.2, -0.15) is 0 Å². The number of hydrogen-bond donors (Lipinski definition) is 2. The van der Waals surface area contributed by atoms with E-state index in [9.17, 15) is 9.90 Å². The summed E-state index contributed by atoms with van der Waals surface area (Å²) in [4.78, 5) is 13.4. The van der Waals surface area contributed by atoms with Gasteiger partial charge in [-0.1, -0.05) is 32.0 Å². The summed E-state index contributed by atoms with van der Waals surface area (Å²) in [7, 11) is 0. The average molecular weight is 279 g/mol. The smallest absolute Gasteiger partial charge is 0.228 e. The van der Waals surface area contributed by atoms with Crippen molar-refractivity contribution in [2.75, 3.05) is 12.3 Å². The Morgan fingerprint density at radius 3 is 2.95 bits per heavy atom. The highest BCUT2D eigenvalue weighted by Crippen LogP contribution is 2.39. The maximum absolute atomic E-state index is 12.2. The van der Waals surface area contributed by atoms with E-state index in [1.54, 1.807) is 11.8 Å². The van der Waals surface area contributed by atoms with Crippen LogP contribution in [-0.2, 0) is 4.79 Å². The van der Waals surface area contributed by atoms with Crippen LogP contribution in [-0.4, -0.2) is 29.4 Å². The summed E-state index contributed by atoms with van der Waals surface area (Å²) in [5, 5.41) is 12.7. The molecular weight excluding hydrogens is 258 g/mol. The van der Waals surface area contributed by atoms with Crippen molar-refractivity contribution >= 4 is 17.7 Å². The zero-order valence-electron chi connectivity index (χ0n) is 11.4. The van der Waals surface area contributed by atoms with Crippen molar-refractivity contribution in [2.45, 2.75) is 37.2 Å². The molecule has 2 N–H and O–H groups in total. The van der Waals surface area contributed by atoms with Gasteiger partial charge in [-0.3, -0.25) is 4.79 Å². The van der Waals surface area contributed by atoms with Crippen LogP contribution < -0.4 is 5.32 Å². The molecule has 0 bridgehead atoms. The van der Waals surface area contributed by atoms with Crippen LogP contribution in [0.2, 0.25) is 0 Å². The lowest BCUT2D eigenvalue weighted by molar-refractivity contribution is -0.122. The SMILES string of the molecule is CC(C)CC(O)CNC(=O)C1CSc2ccccc21. The summed E-state index contributed by atoms with van der Waals surface area (Å²) in [6, 6.07) is 8.04. The third-order valence-corrected chi connectivity index (χ3v) is 4.45. The van der Waals surface area contributed by atoms with Crippen molar-refractivity contribution in [3.63, 3.8) is 0 Å². The van der Waals surface area contributed by atoms with Crippen LogP contribution in [0, 0.1) is 5.92 Å². The molecule has 2 atom stereocenters. The van der Waals surface area contributed by atoms with Crippen molar-refractivity contribution in [2.24, 2.45) is 5.92 Å². The van der Waals surface area contributed by atoms with Gasteiger partial charge in [-0.05, 0) is 24.0 Å². The minimum Gasteiger partial charge on any atom is -0.391 e. The first-order valence-corrected chi connectivity index (χ1v) is 7.74. The molecule has 1 aromatic carbocycles. The normalized spacial score (nSPS) is 19.3. The van der Waals surface area contributed by atoms with Crippen LogP contribution in [0.5, 0.6) is 0 Å². The van der Waals surface area contributed by atoms with Crippen molar-refractivity contribution in [1.82, 2.24) is 5.32 Å². The first-order valence-electron chi connectivity index (χ1n) is 6.75. The number of hydrogen-bond acceptors (Lipinski definition) is 3. The summed E-state index contributed by atoms with van der Waals surface area (Å²) >= 11 is 1.73. The minimum atomic E-state index is -0.451. The molecule has 1 amide bonds. The maximum Gasteiger partial charge on any atom is 0.228 e. The number of rotatable bonds is 5. The lowest BCUT2D eigenvalue weighted by Gasteiger charge is -2.16. The van der Waals surface area contributed by atoms with E-state index in [2.05, 4.69) is 25.2 Å². The Kier molecular flexibility index (Phi) is 4.88. The molecule has 19 heavy (non-hydrogen) atoms.